The van der Waals surface area contributed by atoms with E-state index < -0.39 is 0 Å². The van der Waals surface area contributed by atoms with E-state index in [1.807, 2.05) is 30.3 Å². The number of benzene rings is 2. The van der Waals surface area contributed by atoms with Crippen molar-refractivity contribution in [3.05, 3.63) is 70.9 Å². The Morgan fingerprint density at radius 2 is 1.85 bits per heavy atom. The fraction of sp³-hybridized carbons (Fsp3) is 0.448. The van der Waals surface area contributed by atoms with Gasteiger partial charge in [-0.05, 0) is 66.8 Å². The van der Waals surface area contributed by atoms with Gasteiger partial charge in [-0.15, -0.1) is 0 Å². The molecule has 0 spiro atoms. The molecule has 1 N–H and O–H groups in total. The maximum absolute atomic E-state index is 12.7. The Labute approximate surface area is 201 Å². The van der Waals surface area contributed by atoms with Gasteiger partial charge in [0, 0.05) is 29.7 Å². The van der Waals surface area contributed by atoms with Gasteiger partial charge in [-0.1, -0.05) is 55.7 Å². The van der Waals surface area contributed by atoms with Crippen LogP contribution in [-0.4, -0.2) is 34.7 Å². The van der Waals surface area contributed by atoms with E-state index >= 15 is 0 Å². The van der Waals surface area contributed by atoms with Crippen LogP contribution < -0.4 is 5.43 Å². The lowest BCUT2D eigenvalue weighted by Gasteiger charge is -2.39. The molecule has 5 nitrogen and oxygen atoms in total. The number of hydrazone groups is 1. The summed E-state index contributed by atoms with van der Waals surface area (Å²) in [6.07, 6.45) is 12.0. The number of aryl methyl sites for hydroxylation is 1. The van der Waals surface area contributed by atoms with Crippen LogP contribution in [0.15, 0.2) is 53.6 Å². The van der Waals surface area contributed by atoms with Crippen LogP contribution in [0.1, 0.15) is 79.3 Å². The molecule has 2 aromatic carbocycles. The van der Waals surface area contributed by atoms with Crippen molar-refractivity contribution < 1.29 is 4.79 Å². The van der Waals surface area contributed by atoms with E-state index in [-0.39, 0.29) is 5.91 Å². The number of hydrogen-bond acceptors (Lipinski definition) is 3. The van der Waals surface area contributed by atoms with Gasteiger partial charge < -0.3 is 4.57 Å². The predicted molar refractivity (Wildman–Crippen MR) is 137 cm³/mol. The van der Waals surface area contributed by atoms with Crippen molar-refractivity contribution in [1.82, 2.24) is 14.9 Å². The molecule has 5 heteroatoms. The second-order valence-electron chi connectivity index (χ2n) is 10.2. The Morgan fingerprint density at radius 3 is 2.71 bits per heavy atom. The Balaban J connectivity index is 1.22. The van der Waals surface area contributed by atoms with Gasteiger partial charge in [0.2, 0.25) is 0 Å². The first kappa shape index (κ1) is 21.6. The second-order valence-corrected chi connectivity index (χ2v) is 10.2. The first-order valence-corrected chi connectivity index (χ1v) is 13.0. The normalized spacial score (nSPS) is 21.1. The molecular weight excluding hydrogens is 420 g/mol. The summed E-state index contributed by atoms with van der Waals surface area (Å²) < 4.78 is 2.56. The molecule has 0 radical (unpaired) electrons. The fourth-order valence-corrected chi connectivity index (χ4v) is 6.51. The third-order valence-corrected chi connectivity index (χ3v) is 8.13. The number of nitrogens with zero attached hydrogens (tertiary/aromatic N) is 3. The first-order valence-electron chi connectivity index (χ1n) is 13.0. The van der Waals surface area contributed by atoms with Gasteiger partial charge in [-0.25, -0.2) is 5.43 Å². The average Bonchev–Trinajstić information content (AvgIpc) is 3.21. The van der Waals surface area contributed by atoms with Crippen LogP contribution in [0.2, 0.25) is 0 Å². The summed E-state index contributed by atoms with van der Waals surface area (Å²) in [5, 5.41) is 5.64. The van der Waals surface area contributed by atoms with E-state index in [1.165, 1.54) is 60.7 Å². The van der Waals surface area contributed by atoms with Gasteiger partial charge in [0.05, 0.1) is 18.8 Å². The molecule has 0 saturated heterocycles. The highest BCUT2D eigenvalue weighted by Crippen LogP contribution is 2.44. The minimum atomic E-state index is -0.0385. The summed E-state index contributed by atoms with van der Waals surface area (Å²) in [4.78, 5) is 15.1. The second kappa shape index (κ2) is 9.38. The highest BCUT2D eigenvalue weighted by molar-refractivity contribution is 5.87. The van der Waals surface area contributed by atoms with Crippen LogP contribution in [0.5, 0.6) is 0 Å². The number of nitrogens with one attached hydrogen (secondary N) is 1. The van der Waals surface area contributed by atoms with Crippen molar-refractivity contribution in [3.8, 4) is 0 Å². The summed E-state index contributed by atoms with van der Waals surface area (Å²) in [5.41, 5.74) is 9.66. The van der Waals surface area contributed by atoms with E-state index in [1.54, 1.807) is 11.8 Å². The highest BCUT2D eigenvalue weighted by Gasteiger charge is 2.35. The number of aromatic nitrogens is 1. The molecule has 1 aliphatic heterocycles. The lowest BCUT2D eigenvalue weighted by molar-refractivity contribution is -0.123. The minimum absolute atomic E-state index is 0.0385. The van der Waals surface area contributed by atoms with E-state index in [2.05, 4.69) is 38.2 Å². The van der Waals surface area contributed by atoms with Crippen molar-refractivity contribution in [2.75, 3.05) is 13.1 Å². The zero-order chi connectivity index (χ0) is 22.9. The van der Waals surface area contributed by atoms with Crippen LogP contribution in [0.4, 0.5) is 0 Å². The van der Waals surface area contributed by atoms with Crippen molar-refractivity contribution in [3.63, 3.8) is 0 Å². The summed E-state index contributed by atoms with van der Waals surface area (Å²) >= 11 is 0. The van der Waals surface area contributed by atoms with Crippen molar-refractivity contribution in [2.45, 2.75) is 69.9 Å². The fourth-order valence-electron chi connectivity index (χ4n) is 6.51. The number of amides is 1. The lowest BCUT2D eigenvalue weighted by Crippen LogP contribution is -2.44. The number of fused-ring (bicyclic) bond motifs is 3. The smallest absolute Gasteiger partial charge is 0.254 e. The minimum Gasteiger partial charge on any atom is -0.342 e. The molecule has 176 valence electrons. The van der Waals surface area contributed by atoms with Crippen molar-refractivity contribution in [2.24, 2.45) is 5.10 Å². The quantitative estimate of drug-likeness (QED) is 0.407. The lowest BCUT2D eigenvalue weighted by atomic mass is 9.83. The molecular formula is C29H34N4O. The molecule has 2 aliphatic carbocycles. The first-order chi connectivity index (χ1) is 16.8. The zero-order valence-corrected chi connectivity index (χ0v) is 19.9. The van der Waals surface area contributed by atoms with E-state index in [4.69, 9.17) is 0 Å². The topological polar surface area (TPSA) is 49.6 Å². The molecule has 3 aromatic rings. The number of hydrogen-bond donors (Lipinski definition) is 1. The largest absolute Gasteiger partial charge is 0.342 e. The van der Waals surface area contributed by atoms with Crippen molar-refractivity contribution in [1.29, 1.82) is 0 Å². The molecule has 34 heavy (non-hydrogen) atoms. The Bertz CT molecular complexity index is 1210. The van der Waals surface area contributed by atoms with E-state index in [0.717, 1.165) is 37.4 Å². The Kier molecular flexibility index (Phi) is 5.96. The molecule has 1 amide bonds. The van der Waals surface area contributed by atoms with E-state index in [0.29, 0.717) is 12.6 Å². The number of rotatable bonds is 5. The molecule has 0 bridgehead atoms. The average molecular weight is 455 g/mol. The van der Waals surface area contributed by atoms with Crippen LogP contribution >= 0.6 is 0 Å². The summed E-state index contributed by atoms with van der Waals surface area (Å²) in [6.45, 7) is 2.25. The molecule has 1 aromatic heterocycles. The molecule has 1 saturated carbocycles. The predicted octanol–water partition coefficient (Wildman–Crippen LogP) is 5.53. The van der Waals surface area contributed by atoms with Crippen LogP contribution in [0.25, 0.3) is 10.9 Å². The van der Waals surface area contributed by atoms with Gasteiger partial charge >= 0.3 is 0 Å². The summed E-state index contributed by atoms with van der Waals surface area (Å²) in [5.74, 6) is 0.696. The number of carbonyl (C=O) groups excluding carboxylic acids is 1. The number of carbonyl (C=O) groups is 1. The Hall–Kier alpha value is -2.92. The SMILES string of the molecule is O=C(CN1CCn2c3c(c4cc(C5CCCCC5)ccc42)CCCC31)NN=Cc1ccccc1. The van der Waals surface area contributed by atoms with E-state index in [9.17, 15) is 4.79 Å². The van der Waals surface area contributed by atoms with Gasteiger partial charge in [0.25, 0.3) is 5.91 Å². The van der Waals surface area contributed by atoms with Crippen LogP contribution in [0.3, 0.4) is 0 Å². The molecule has 1 atom stereocenters. The van der Waals surface area contributed by atoms with Crippen LogP contribution in [0, 0.1) is 0 Å². The third-order valence-electron chi connectivity index (χ3n) is 8.13. The maximum atomic E-state index is 12.7. The van der Waals surface area contributed by atoms with Gasteiger partial charge in [-0.2, -0.15) is 5.10 Å². The zero-order valence-electron chi connectivity index (χ0n) is 19.9. The van der Waals surface area contributed by atoms with Gasteiger partial charge in [0.1, 0.15) is 0 Å². The van der Waals surface area contributed by atoms with Crippen molar-refractivity contribution >= 4 is 23.0 Å². The monoisotopic (exact) mass is 454 g/mol. The van der Waals surface area contributed by atoms with Crippen LogP contribution in [-0.2, 0) is 17.8 Å². The van der Waals surface area contributed by atoms with Gasteiger partial charge in [0.15, 0.2) is 0 Å². The Morgan fingerprint density at radius 1 is 1.00 bits per heavy atom. The standard InChI is InChI=1S/C29H34N4O/c34-28(31-30-19-21-8-3-1-4-9-21)20-32-16-17-33-26-15-14-23(22-10-5-2-6-11-22)18-25(26)24-12-7-13-27(32)29(24)33/h1,3-4,8-9,14-15,18-19,22,27H,2,5-7,10-13,16-17,20H2,(H,31,34). The maximum Gasteiger partial charge on any atom is 0.254 e. The summed E-state index contributed by atoms with van der Waals surface area (Å²) in [6, 6.07) is 17.5. The molecule has 2 heterocycles. The van der Waals surface area contributed by atoms with Gasteiger partial charge in [-0.3, -0.25) is 9.69 Å². The molecule has 1 fully saturated rings. The highest BCUT2D eigenvalue weighted by atomic mass is 16.2. The molecule has 6 rings (SSSR count). The summed E-state index contributed by atoms with van der Waals surface area (Å²) in [7, 11) is 0. The molecule has 1 unspecified atom stereocenters. The third kappa shape index (κ3) is 4.07. The molecule has 3 aliphatic rings.